The van der Waals surface area contributed by atoms with Crippen molar-refractivity contribution >= 4 is 11.6 Å². The second-order valence-electron chi connectivity index (χ2n) is 7.54. The number of rotatable bonds is 6. The lowest BCUT2D eigenvalue weighted by Gasteiger charge is -2.41. The van der Waals surface area contributed by atoms with Gasteiger partial charge in [0.15, 0.2) is 0 Å². The molecule has 0 amide bonds. The van der Waals surface area contributed by atoms with Gasteiger partial charge in [0.25, 0.3) is 0 Å². The van der Waals surface area contributed by atoms with E-state index < -0.39 is 0 Å². The molecule has 140 valence electrons. The molecule has 1 aliphatic heterocycles. The van der Waals surface area contributed by atoms with Crippen LogP contribution in [0.1, 0.15) is 29.5 Å². The smallest absolute Gasteiger partial charge is 0.121 e. The van der Waals surface area contributed by atoms with Crippen LogP contribution in [0, 0.1) is 12.3 Å². The van der Waals surface area contributed by atoms with Crippen LogP contribution in [0.3, 0.4) is 0 Å². The Labute approximate surface area is 161 Å². The van der Waals surface area contributed by atoms with E-state index in [1.54, 1.807) is 7.11 Å². The zero-order valence-corrected chi connectivity index (χ0v) is 16.4. The van der Waals surface area contributed by atoms with Crippen molar-refractivity contribution in [3.63, 3.8) is 0 Å². The van der Waals surface area contributed by atoms with Crippen molar-refractivity contribution in [2.45, 2.75) is 32.7 Å². The van der Waals surface area contributed by atoms with Crippen LogP contribution in [0.2, 0.25) is 5.02 Å². The highest BCUT2D eigenvalue weighted by molar-refractivity contribution is 6.30. The molecule has 0 spiro atoms. The van der Waals surface area contributed by atoms with Gasteiger partial charge in [0.2, 0.25) is 0 Å². The molecule has 2 aromatic rings. The molecule has 0 bridgehead atoms. The van der Waals surface area contributed by atoms with Crippen molar-refractivity contribution in [3.8, 4) is 5.75 Å². The summed E-state index contributed by atoms with van der Waals surface area (Å²) in [5.41, 5.74) is 3.73. The predicted octanol–water partition coefficient (Wildman–Crippen LogP) is 4.47. The largest absolute Gasteiger partial charge is 0.496 e. The van der Waals surface area contributed by atoms with Crippen LogP contribution in [0.25, 0.3) is 0 Å². The first kappa shape index (κ1) is 19.2. The van der Waals surface area contributed by atoms with E-state index in [9.17, 15) is 5.11 Å². The number of piperidine rings is 1. The highest BCUT2D eigenvalue weighted by atomic mass is 35.5. The molecule has 0 unspecified atom stereocenters. The first-order chi connectivity index (χ1) is 12.5. The number of hydrogen-bond acceptors (Lipinski definition) is 3. The predicted molar refractivity (Wildman–Crippen MR) is 107 cm³/mol. The molecule has 26 heavy (non-hydrogen) atoms. The molecule has 0 atom stereocenters. The van der Waals surface area contributed by atoms with Crippen molar-refractivity contribution in [1.82, 2.24) is 4.90 Å². The molecule has 2 aromatic carbocycles. The number of hydrogen-bond donors (Lipinski definition) is 1. The fraction of sp³-hybridized carbons (Fsp3) is 0.455. The molecular formula is C22H28ClNO2. The second kappa shape index (κ2) is 8.43. The molecule has 0 radical (unpaired) electrons. The summed E-state index contributed by atoms with van der Waals surface area (Å²) in [6.45, 7) is 5.30. The lowest BCUT2D eigenvalue weighted by Crippen LogP contribution is -2.42. The monoisotopic (exact) mass is 373 g/mol. The molecule has 3 nitrogen and oxygen atoms in total. The van der Waals surface area contributed by atoms with Gasteiger partial charge in [-0.15, -0.1) is 0 Å². The summed E-state index contributed by atoms with van der Waals surface area (Å²) in [5, 5.41) is 10.8. The normalized spacial score (nSPS) is 17.2. The van der Waals surface area contributed by atoms with Crippen LogP contribution in [-0.2, 0) is 13.0 Å². The van der Waals surface area contributed by atoms with Gasteiger partial charge in [-0.25, -0.2) is 0 Å². The maximum absolute atomic E-state index is 10.1. The zero-order chi connectivity index (χ0) is 18.6. The van der Waals surface area contributed by atoms with Crippen molar-refractivity contribution in [3.05, 3.63) is 64.2 Å². The molecule has 1 fully saturated rings. The Bertz CT molecular complexity index is 721. The third-order valence-electron chi connectivity index (χ3n) is 5.61. The molecule has 4 heteroatoms. The topological polar surface area (TPSA) is 32.7 Å². The minimum Gasteiger partial charge on any atom is -0.496 e. The number of nitrogens with zero attached hydrogens (tertiary/aromatic N) is 1. The molecule has 3 rings (SSSR count). The standard InChI is InChI=1S/C22H28ClNO2/c1-17-13-19(5-8-21(17)26-2)15-24-11-9-22(16-25,10-12-24)14-18-3-6-20(23)7-4-18/h3-8,13,25H,9-12,14-16H2,1-2H3. The number of aliphatic hydroxyl groups is 1. The molecule has 1 saturated heterocycles. The van der Waals surface area contributed by atoms with Gasteiger partial charge in [0.05, 0.1) is 7.11 Å². The van der Waals surface area contributed by atoms with Gasteiger partial charge in [-0.3, -0.25) is 4.90 Å². The number of benzene rings is 2. The zero-order valence-electron chi connectivity index (χ0n) is 15.7. The number of methoxy groups -OCH3 is 1. The number of aryl methyl sites for hydroxylation is 1. The Balaban J connectivity index is 1.59. The van der Waals surface area contributed by atoms with E-state index in [2.05, 4.69) is 36.1 Å². The third-order valence-corrected chi connectivity index (χ3v) is 5.86. The van der Waals surface area contributed by atoms with Crippen molar-refractivity contribution in [2.75, 3.05) is 26.8 Å². The summed E-state index contributed by atoms with van der Waals surface area (Å²) < 4.78 is 5.35. The van der Waals surface area contributed by atoms with Crippen LogP contribution in [0.15, 0.2) is 42.5 Å². The summed E-state index contributed by atoms with van der Waals surface area (Å²) in [6.07, 6.45) is 2.94. The number of ether oxygens (including phenoxy) is 1. The maximum Gasteiger partial charge on any atom is 0.121 e. The fourth-order valence-electron chi connectivity index (χ4n) is 3.91. The van der Waals surface area contributed by atoms with Gasteiger partial charge in [0.1, 0.15) is 5.75 Å². The van der Waals surface area contributed by atoms with Gasteiger partial charge in [-0.1, -0.05) is 35.9 Å². The first-order valence-electron chi connectivity index (χ1n) is 9.25. The molecular weight excluding hydrogens is 346 g/mol. The highest BCUT2D eigenvalue weighted by Crippen LogP contribution is 2.35. The Morgan fingerprint density at radius 3 is 2.31 bits per heavy atom. The highest BCUT2D eigenvalue weighted by Gasteiger charge is 2.34. The Hall–Kier alpha value is -1.55. The maximum atomic E-state index is 10.1. The number of aliphatic hydroxyl groups excluding tert-OH is 1. The van der Waals surface area contributed by atoms with E-state index in [1.807, 2.05) is 18.2 Å². The van der Waals surface area contributed by atoms with Gasteiger partial charge in [-0.2, -0.15) is 0 Å². The molecule has 1 heterocycles. The average Bonchev–Trinajstić information content (AvgIpc) is 2.66. The van der Waals surface area contributed by atoms with Crippen LogP contribution >= 0.6 is 11.6 Å². The minimum absolute atomic E-state index is 0.0137. The summed E-state index contributed by atoms with van der Waals surface area (Å²) in [7, 11) is 1.71. The molecule has 1 aliphatic rings. The van der Waals surface area contributed by atoms with E-state index in [-0.39, 0.29) is 12.0 Å². The lowest BCUT2D eigenvalue weighted by atomic mass is 9.74. The third kappa shape index (κ3) is 4.59. The van der Waals surface area contributed by atoms with Crippen molar-refractivity contribution in [2.24, 2.45) is 5.41 Å². The van der Waals surface area contributed by atoms with Crippen molar-refractivity contribution < 1.29 is 9.84 Å². The second-order valence-corrected chi connectivity index (χ2v) is 7.98. The van der Waals surface area contributed by atoms with Crippen LogP contribution < -0.4 is 4.74 Å². The van der Waals surface area contributed by atoms with Gasteiger partial charge < -0.3 is 9.84 Å². The van der Waals surface area contributed by atoms with E-state index in [0.717, 1.165) is 49.7 Å². The van der Waals surface area contributed by atoms with E-state index >= 15 is 0 Å². The Morgan fingerprint density at radius 2 is 1.73 bits per heavy atom. The SMILES string of the molecule is COc1ccc(CN2CCC(CO)(Cc3ccc(Cl)cc3)CC2)cc1C. The van der Waals surface area contributed by atoms with Gasteiger partial charge in [0, 0.05) is 18.2 Å². The number of halogens is 1. The average molecular weight is 374 g/mol. The van der Waals surface area contributed by atoms with Gasteiger partial charge >= 0.3 is 0 Å². The van der Waals surface area contributed by atoms with E-state index in [0.29, 0.717) is 0 Å². The lowest BCUT2D eigenvalue weighted by molar-refractivity contribution is 0.0413. The summed E-state index contributed by atoms with van der Waals surface area (Å²) in [4.78, 5) is 2.48. The van der Waals surface area contributed by atoms with E-state index in [4.69, 9.17) is 16.3 Å². The summed E-state index contributed by atoms with van der Waals surface area (Å²) in [5.74, 6) is 0.939. The molecule has 0 saturated carbocycles. The molecule has 0 aliphatic carbocycles. The minimum atomic E-state index is -0.0137. The molecule has 1 N–H and O–H groups in total. The van der Waals surface area contributed by atoms with Crippen LogP contribution in [-0.4, -0.2) is 36.8 Å². The fourth-order valence-corrected chi connectivity index (χ4v) is 4.03. The quantitative estimate of drug-likeness (QED) is 0.810. The first-order valence-corrected chi connectivity index (χ1v) is 9.62. The Morgan fingerprint density at radius 1 is 1.08 bits per heavy atom. The summed E-state index contributed by atoms with van der Waals surface area (Å²) >= 11 is 5.99. The summed E-state index contributed by atoms with van der Waals surface area (Å²) in [6, 6.07) is 14.4. The van der Waals surface area contributed by atoms with Crippen LogP contribution in [0.5, 0.6) is 5.75 Å². The van der Waals surface area contributed by atoms with Crippen molar-refractivity contribution in [1.29, 1.82) is 0 Å². The van der Waals surface area contributed by atoms with Crippen LogP contribution in [0.4, 0.5) is 0 Å². The number of likely N-dealkylation sites (tertiary alicyclic amines) is 1. The molecule has 0 aromatic heterocycles. The van der Waals surface area contributed by atoms with E-state index in [1.165, 1.54) is 16.7 Å². The van der Waals surface area contributed by atoms with Gasteiger partial charge in [-0.05, 0) is 79.6 Å². The Kier molecular flexibility index (Phi) is 6.23.